The fourth-order valence-electron chi connectivity index (χ4n) is 2.04. The van der Waals surface area contributed by atoms with E-state index in [1.807, 2.05) is 24.4 Å². The Kier molecular flexibility index (Phi) is 4.50. The molecule has 0 amide bonds. The molecule has 0 aliphatic carbocycles. The third kappa shape index (κ3) is 2.78. The van der Waals surface area contributed by atoms with E-state index >= 15 is 0 Å². The summed E-state index contributed by atoms with van der Waals surface area (Å²) in [5, 5.41) is 2.35. The van der Waals surface area contributed by atoms with Gasteiger partial charge in [0.05, 0.1) is 6.61 Å². The van der Waals surface area contributed by atoms with Crippen LogP contribution in [0.25, 0.3) is 10.8 Å². The van der Waals surface area contributed by atoms with Crippen LogP contribution in [0.5, 0.6) is 0 Å². The second-order valence-corrected chi connectivity index (χ2v) is 4.12. The minimum atomic E-state index is 0.606. The van der Waals surface area contributed by atoms with E-state index in [1.165, 1.54) is 5.39 Å². The molecular weight excluding hydrogens is 226 g/mol. The van der Waals surface area contributed by atoms with Crippen LogP contribution in [0.2, 0.25) is 0 Å². The lowest BCUT2D eigenvalue weighted by Gasteiger charge is -2.24. The van der Waals surface area contributed by atoms with Crippen LogP contribution in [0.1, 0.15) is 0 Å². The predicted octanol–water partition coefficient (Wildman–Crippen LogP) is 1.65. The van der Waals surface area contributed by atoms with Crippen LogP contribution in [0.4, 0.5) is 5.82 Å². The number of ether oxygens (including phenoxy) is 1. The zero-order valence-corrected chi connectivity index (χ0v) is 10.7. The van der Waals surface area contributed by atoms with Gasteiger partial charge >= 0.3 is 0 Å². The first kappa shape index (κ1) is 12.8. The number of benzene rings is 1. The smallest absolute Gasteiger partial charge is 0.136 e. The van der Waals surface area contributed by atoms with Crippen molar-refractivity contribution in [1.29, 1.82) is 0 Å². The Labute approximate surface area is 107 Å². The number of pyridine rings is 1. The number of nitrogens with zero attached hydrogens (tertiary/aromatic N) is 2. The number of hydrogen-bond donors (Lipinski definition) is 1. The first-order valence-corrected chi connectivity index (χ1v) is 6.14. The average molecular weight is 245 g/mol. The molecular formula is C14H19N3O. The van der Waals surface area contributed by atoms with Crippen LogP contribution in [-0.2, 0) is 4.74 Å². The van der Waals surface area contributed by atoms with Crippen molar-refractivity contribution in [1.82, 2.24) is 4.98 Å². The minimum Gasteiger partial charge on any atom is -0.383 e. The molecule has 2 rings (SSSR count). The fourth-order valence-corrected chi connectivity index (χ4v) is 2.04. The molecule has 1 aromatic heterocycles. The minimum absolute atomic E-state index is 0.606. The van der Waals surface area contributed by atoms with E-state index in [0.29, 0.717) is 13.2 Å². The molecule has 0 atom stereocenters. The lowest BCUT2D eigenvalue weighted by atomic mass is 10.1. The molecule has 4 heteroatoms. The van der Waals surface area contributed by atoms with Crippen molar-refractivity contribution in [2.24, 2.45) is 5.73 Å². The van der Waals surface area contributed by atoms with Gasteiger partial charge in [-0.3, -0.25) is 0 Å². The Morgan fingerprint density at radius 2 is 2.06 bits per heavy atom. The summed E-state index contributed by atoms with van der Waals surface area (Å²) in [4.78, 5) is 6.67. The van der Waals surface area contributed by atoms with Crippen molar-refractivity contribution in [3.63, 3.8) is 0 Å². The van der Waals surface area contributed by atoms with E-state index in [4.69, 9.17) is 10.5 Å². The SMILES string of the molecule is COCCN(CCN)c1nccc2ccccc12. The molecule has 0 aliphatic rings. The van der Waals surface area contributed by atoms with Crippen LogP contribution >= 0.6 is 0 Å². The number of aromatic nitrogens is 1. The lowest BCUT2D eigenvalue weighted by Crippen LogP contribution is -2.33. The maximum Gasteiger partial charge on any atom is 0.136 e. The van der Waals surface area contributed by atoms with Crippen LogP contribution in [0.3, 0.4) is 0 Å². The highest BCUT2D eigenvalue weighted by Crippen LogP contribution is 2.23. The van der Waals surface area contributed by atoms with Gasteiger partial charge < -0.3 is 15.4 Å². The lowest BCUT2D eigenvalue weighted by molar-refractivity contribution is 0.205. The second-order valence-electron chi connectivity index (χ2n) is 4.12. The fraction of sp³-hybridized carbons (Fsp3) is 0.357. The van der Waals surface area contributed by atoms with Crippen LogP contribution in [0, 0.1) is 0 Å². The zero-order chi connectivity index (χ0) is 12.8. The highest BCUT2D eigenvalue weighted by Gasteiger charge is 2.10. The van der Waals surface area contributed by atoms with Crippen molar-refractivity contribution in [3.05, 3.63) is 36.5 Å². The van der Waals surface area contributed by atoms with E-state index in [-0.39, 0.29) is 0 Å². The van der Waals surface area contributed by atoms with Gasteiger partial charge in [0, 0.05) is 38.3 Å². The summed E-state index contributed by atoms with van der Waals surface area (Å²) in [7, 11) is 1.71. The van der Waals surface area contributed by atoms with E-state index in [9.17, 15) is 0 Å². The third-order valence-electron chi connectivity index (χ3n) is 2.92. The maximum atomic E-state index is 5.67. The summed E-state index contributed by atoms with van der Waals surface area (Å²) in [6.45, 7) is 2.86. The molecule has 1 heterocycles. The molecule has 0 spiro atoms. The third-order valence-corrected chi connectivity index (χ3v) is 2.92. The van der Waals surface area contributed by atoms with E-state index in [2.05, 4.69) is 22.0 Å². The van der Waals surface area contributed by atoms with Gasteiger partial charge in [-0.2, -0.15) is 0 Å². The van der Waals surface area contributed by atoms with Gasteiger partial charge in [-0.05, 0) is 11.5 Å². The molecule has 0 aliphatic heterocycles. The van der Waals surface area contributed by atoms with Gasteiger partial charge in [-0.25, -0.2) is 4.98 Å². The van der Waals surface area contributed by atoms with Crippen molar-refractivity contribution < 1.29 is 4.74 Å². The summed E-state index contributed by atoms with van der Waals surface area (Å²) in [5.74, 6) is 0.982. The molecule has 18 heavy (non-hydrogen) atoms. The summed E-state index contributed by atoms with van der Waals surface area (Å²) >= 11 is 0. The maximum absolute atomic E-state index is 5.67. The van der Waals surface area contributed by atoms with Crippen molar-refractivity contribution in [2.75, 3.05) is 38.3 Å². The van der Waals surface area contributed by atoms with Crippen molar-refractivity contribution in [3.8, 4) is 0 Å². The first-order chi connectivity index (χ1) is 8.86. The van der Waals surface area contributed by atoms with E-state index in [1.54, 1.807) is 7.11 Å². The van der Waals surface area contributed by atoms with Gasteiger partial charge in [0.2, 0.25) is 0 Å². The van der Waals surface area contributed by atoms with Crippen LogP contribution < -0.4 is 10.6 Å². The van der Waals surface area contributed by atoms with Gasteiger partial charge in [0.1, 0.15) is 5.82 Å². The Hall–Kier alpha value is -1.65. The topological polar surface area (TPSA) is 51.4 Å². The normalized spacial score (nSPS) is 10.8. The van der Waals surface area contributed by atoms with Crippen LogP contribution in [-0.4, -0.2) is 38.3 Å². The number of rotatable bonds is 6. The Morgan fingerprint density at radius 1 is 1.22 bits per heavy atom. The van der Waals surface area contributed by atoms with Gasteiger partial charge in [0.25, 0.3) is 0 Å². The highest BCUT2D eigenvalue weighted by atomic mass is 16.5. The molecule has 0 radical (unpaired) electrons. The Bertz CT molecular complexity index is 496. The van der Waals surface area contributed by atoms with Gasteiger partial charge in [0.15, 0.2) is 0 Å². The second kappa shape index (κ2) is 6.33. The molecule has 4 nitrogen and oxygen atoms in total. The highest BCUT2D eigenvalue weighted by molar-refractivity contribution is 5.92. The molecule has 2 N–H and O–H groups in total. The summed E-state index contributed by atoms with van der Waals surface area (Å²) < 4.78 is 5.14. The van der Waals surface area contributed by atoms with Gasteiger partial charge in [-0.15, -0.1) is 0 Å². The first-order valence-electron chi connectivity index (χ1n) is 6.14. The molecule has 0 saturated carbocycles. The number of nitrogens with two attached hydrogens (primary N) is 1. The van der Waals surface area contributed by atoms with Gasteiger partial charge in [-0.1, -0.05) is 24.3 Å². The van der Waals surface area contributed by atoms with E-state index < -0.39 is 0 Å². The molecule has 0 saturated heterocycles. The largest absolute Gasteiger partial charge is 0.383 e. The summed E-state index contributed by atoms with van der Waals surface area (Å²) in [5.41, 5.74) is 5.67. The number of fused-ring (bicyclic) bond motifs is 1. The van der Waals surface area contributed by atoms with E-state index in [0.717, 1.165) is 24.3 Å². The molecule has 0 bridgehead atoms. The zero-order valence-electron chi connectivity index (χ0n) is 10.7. The summed E-state index contributed by atoms with van der Waals surface area (Å²) in [6.07, 6.45) is 1.84. The molecule has 0 unspecified atom stereocenters. The Balaban J connectivity index is 2.36. The van der Waals surface area contributed by atoms with Crippen molar-refractivity contribution in [2.45, 2.75) is 0 Å². The molecule has 1 aromatic carbocycles. The molecule has 96 valence electrons. The number of anilines is 1. The predicted molar refractivity (Wildman–Crippen MR) is 74.9 cm³/mol. The average Bonchev–Trinajstić information content (AvgIpc) is 2.43. The Morgan fingerprint density at radius 3 is 2.83 bits per heavy atom. The standard InChI is InChI=1S/C14H19N3O/c1-18-11-10-17(9-7-15)14-13-5-3-2-4-12(13)6-8-16-14/h2-6,8H,7,9-11,15H2,1H3. The number of hydrogen-bond acceptors (Lipinski definition) is 4. The summed E-state index contributed by atoms with van der Waals surface area (Å²) in [6, 6.07) is 10.3. The molecule has 0 fully saturated rings. The van der Waals surface area contributed by atoms with Crippen molar-refractivity contribution >= 4 is 16.6 Å². The van der Waals surface area contributed by atoms with Crippen LogP contribution in [0.15, 0.2) is 36.5 Å². The quantitative estimate of drug-likeness (QED) is 0.840. The number of methoxy groups -OCH3 is 1. The monoisotopic (exact) mass is 245 g/mol. The molecule has 2 aromatic rings.